The van der Waals surface area contributed by atoms with Crippen molar-refractivity contribution in [3.05, 3.63) is 70.4 Å². The minimum absolute atomic E-state index is 0.00759. The van der Waals surface area contributed by atoms with E-state index in [0.717, 1.165) is 27.7 Å². The number of rotatable bonds is 4. The van der Waals surface area contributed by atoms with Crippen LogP contribution >= 0.6 is 11.6 Å². The largest absolute Gasteiger partial charge is 0.396 e. The number of carbonyl (C=O) groups is 2. The van der Waals surface area contributed by atoms with Gasteiger partial charge in [-0.25, -0.2) is 0 Å². The van der Waals surface area contributed by atoms with E-state index < -0.39 is 6.04 Å². The Morgan fingerprint density at radius 1 is 1.10 bits per heavy atom. The van der Waals surface area contributed by atoms with Crippen LogP contribution in [0.2, 0.25) is 5.02 Å². The number of fused-ring (bicyclic) bond motifs is 4. The van der Waals surface area contributed by atoms with Crippen LogP contribution in [-0.2, 0) is 16.0 Å². The number of para-hydroxylation sites is 1. The molecule has 2 amide bonds. The van der Waals surface area contributed by atoms with Crippen LogP contribution in [-0.4, -0.2) is 57.4 Å². The molecule has 2 atom stereocenters. The number of aliphatic hydroxyl groups is 1. The molecule has 3 heterocycles. The molecule has 1 fully saturated rings. The van der Waals surface area contributed by atoms with Gasteiger partial charge in [0.15, 0.2) is 0 Å². The summed E-state index contributed by atoms with van der Waals surface area (Å²) in [6, 6.07) is 14.6. The molecule has 0 saturated carbocycles. The van der Waals surface area contributed by atoms with E-state index in [0.29, 0.717) is 24.4 Å². The van der Waals surface area contributed by atoms with Crippen LogP contribution in [0.15, 0.2) is 48.5 Å². The zero-order valence-electron chi connectivity index (χ0n) is 16.3. The lowest BCUT2D eigenvalue weighted by Gasteiger charge is -2.47. The number of amides is 2. The fourth-order valence-electron chi connectivity index (χ4n) is 4.77. The number of carbonyl (C=O) groups excluding carboxylic acids is 2. The number of aliphatic hydroxyl groups excluding tert-OH is 1. The maximum atomic E-state index is 13.3. The summed E-state index contributed by atoms with van der Waals surface area (Å²) in [5.74, 6) is -0.139. The third-order valence-electron chi connectivity index (χ3n) is 6.11. The van der Waals surface area contributed by atoms with E-state index in [1.807, 2.05) is 42.5 Å². The third kappa shape index (κ3) is 2.99. The van der Waals surface area contributed by atoms with E-state index in [2.05, 4.69) is 11.1 Å². The Kier molecular flexibility index (Phi) is 4.76. The first-order valence-electron chi connectivity index (χ1n) is 10.1. The lowest BCUT2D eigenvalue weighted by atomic mass is 9.86. The lowest BCUT2D eigenvalue weighted by molar-refractivity contribution is -0.158. The van der Waals surface area contributed by atoms with Crippen molar-refractivity contribution < 1.29 is 14.7 Å². The molecule has 2 aliphatic rings. The van der Waals surface area contributed by atoms with Crippen molar-refractivity contribution in [2.75, 3.05) is 19.7 Å². The van der Waals surface area contributed by atoms with Gasteiger partial charge in [0.2, 0.25) is 11.8 Å². The zero-order valence-corrected chi connectivity index (χ0v) is 17.1. The molecule has 0 spiro atoms. The number of aromatic nitrogens is 1. The highest BCUT2D eigenvalue weighted by molar-refractivity contribution is 6.30. The monoisotopic (exact) mass is 423 g/mol. The second-order valence-electron chi connectivity index (χ2n) is 7.87. The van der Waals surface area contributed by atoms with Crippen LogP contribution in [0.5, 0.6) is 0 Å². The average Bonchev–Trinajstić information content (AvgIpc) is 3.13. The molecular formula is C23H22ClN3O3. The van der Waals surface area contributed by atoms with Gasteiger partial charge in [-0.05, 0) is 35.7 Å². The summed E-state index contributed by atoms with van der Waals surface area (Å²) in [7, 11) is 0. The molecule has 2 aliphatic heterocycles. The first-order valence-corrected chi connectivity index (χ1v) is 10.5. The fourth-order valence-corrected chi connectivity index (χ4v) is 4.89. The van der Waals surface area contributed by atoms with Crippen molar-refractivity contribution in [3.8, 4) is 0 Å². The second-order valence-corrected chi connectivity index (χ2v) is 8.31. The topological polar surface area (TPSA) is 76.6 Å². The predicted octanol–water partition coefficient (Wildman–Crippen LogP) is 2.89. The van der Waals surface area contributed by atoms with Crippen LogP contribution in [0.3, 0.4) is 0 Å². The number of halogens is 1. The van der Waals surface area contributed by atoms with Crippen LogP contribution in [0.25, 0.3) is 10.9 Å². The minimum Gasteiger partial charge on any atom is -0.396 e. The number of hydrogen-bond donors (Lipinski definition) is 2. The summed E-state index contributed by atoms with van der Waals surface area (Å²) in [5, 5.41) is 10.9. The van der Waals surface area contributed by atoms with Crippen molar-refractivity contribution >= 4 is 34.3 Å². The lowest BCUT2D eigenvalue weighted by Crippen LogP contribution is -2.63. The molecular weight excluding hydrogens is 402 g/mol. The summed E-state index contributed by atoms with van der Waals surface area (Å²) in [6.07, 6.45) is 0.939. The van der Waals surface area contributed by atoms with Gasteiger partial charge in [-0.3, -0.25) is 9.59 Å². The van der Waals surface area contributed by atoms with Gasteiger partial charge in [-0.1, -0.05) is 41.9 Å². The molecule has 0 radical (unpaired) electrons. The quantitative estimate of drug-likeness (QED) is 0.677. The van der Waals surface area contributed by atoms with E-state index in [9.17, 15) is 9.59 Å². The Hall–Kier alpha value is -2.83. The maximum absolute atomic E-state index is 13.3. The van der Waals surface area contributed by atoms with Gasteiger partial charge in [0.05, 0.1) is 12.6 Å². The number of piperazine rings is 1. The van der Waals surface area contributed by atoms with E-state index in [4.69, 9.17) is 16.7 Å². The van der Waals surface area contributed by atoms with E-state index in [1.165, 1.54) is 0 Å². The predicted molar refractivity (Wildman–Crippen MR) is 114 cm³/mol. The van der Waals surface area contributed by atoms with Gasteiger partial charge in [0, 0.05) is 41.2 Å². The van der Waals surface area contributed by atoms with Crippen LogP contribution in [0, 0.1) is 0 Å². The molecule has 30 heavy (non-hydrogen) atoms. The van der Waals surface area contributed by atoms with Crippen LogP contribution in [0.1, 0.15) is 29.3 Å². The molecule has 0 unspecified atom stereocenters. The highest BCUT2D eigenvalue weighted by atomic mass is 35.5. The zero-order chi connectivity index (χ0) is 20.8. The van der Waals surface area contributed by atoms with Gasteiger partial charge in [-0.2, -0.15) is 0 Å². The molecule has 6 nitrogen and oxygen atoms in total. The van der Waals surface area contributed by atoms with E-state index in [1.54, 1.807) is 9.80 Å². The minimum atomic E-state index is -0.558. The number of H-pyrrole nitrogens is 1. The number of nitrogens with one attached hydrogen (secondary N) is 1. The smallest absolute Gasteiger partial charge is 0.246 e. The van der Waals surface area contributed by atoms with Crippen LogP contribution in [0.4, 0.5) is 0 Å². The molecule has 154 valence electrons. The maximum Gasteiger partial charge on any atom is 0.246 e. The van der Waals surface area contributed by atoms with Crippen molar-refractivity contribution in [2.45, 2.75) is 24.9 Å². The Labute approximate surface area is 179 Å². The Morgan fingerprint density at radius 3 is 2.63 bits per heavy atom. The SMILES string of the molecule is O=C1[C@@H]2Cc3c([nH]c4ccccc34)[C@@H](c3ccc(Cl)cc3)N2C(=O)CN1CCCO. The van der Waals surface area contributed by atoms with Gasteiger partial charge < -0.3 is 19.9 Å². The van der Waals surface area contributed by atoms with Crippen molar-refractivity contribution in [3.63, 3.8) is 0 Å². The third-order valence-corrected chi connectivity index (χ3v) is 6.37. The van der Waals surface area contributed by atoms with Crippen molar-refractivity contribution in [1.82, 2.24) is 14.8 Å². The van der Waals surface area contributed by atoms with Gasteiger partial charge in [-0.15, -0.1) is 0 Å². The second kappa shape index (κ2) is 7.45. The number of benzene rings is 2. The first kappa shape index (κ1) is 19.2. The van der Waals surface area contributed by atoms with Gasteiger partial charge in [0.25, 0.3) is 0 Å². The summed E-state index contributed by atoms with van der Waals surface area (Å²) in [4.78, 5) is 33.4. The molecule has 0 bridgehead atoms. The molecule has 3 aromatic rings. The summed E-state index contributed by atoms with van der Waals surface area (Å²) < 4.78 is 0. The van der Waals surface area contributed by atoms with E-state index in [-0.39, 0.29) is 31.0 Å². The summed E-state index contributed by atoms with van der Waals surface area (Å²) in [6.45, 7) is 0.416. The molecule has 1 aromatic heterocycles. The Morgan fingerprint density at radius 2 is 1.87 bits per heavy atom. The number of aromatic amines is 1. The molecule has 2 N–H and O–H groups in total. The average molecular weight is 424 g/mol. The first-order chi connectivity index (χ1) is 14.6. The standard InChI is InChI=1S/C23H22ClN3O3/c24-15-8-6-14(7-9-15)22-21-17(16-4-1-2-5-18(16)25-21)12-19-23(30)26(10-3-11-28)13-20(29)27(19)22/h1-2,4-9,19,22,25,28H,3,10-13H2/t19-,22+/m0/s1. The Bertz CT molecular complexity index is 1120. The number of hydrogen-bond acceptors (Lipinski definition) is 3. The summed E-state index contributed by atoms with van der Waals surface area (Å²) >= 11 is 6.10. The molecule has 2 aromatic carbocycles. The van der Waals surface area contributed by atoms with Gasteiger partial charge in [0.1, 0.15) is 6.04 Å². The van der Waals surface area contributed by atoms with Crippen molar-refractivity contribution in [1.29, 1.82) is 0 Å². The van der Waals surface area contributed by atoms with E-state index >= 15 is 0 Å². The molecule has 1 saturated heterocycles. The molecule has 5 rings (SSSR count). The number of nitrogens with zero attached hydrogens (tertiary/aromatic N) is 2. The van der Waals surface area contributed by atoms with Crippen LogP contribution < -0.4 is 0 Å². The van der Waals surface area contributed by atoms with Crippen molar-refractivity contribution in [2.24, 2.45) is 0 Å². The van der Waals surface area contributed by atoms with Gasteiger partial charge >= 0.3 is 0 Å². The highest BCUT2D eigenvalue weighted by Gasteiger charge is 2.47. The summed E-state index contributed by atoms with van der Waals surface area (Å²) in [5.41, 5.74) is 3.96. The molecule has 0 aliphatic carbocycles. The Balaban J connectivity index is 1.66. The fraction of sp³-hybridized carbons (Fsp3) is 0.304. The molecule has 7 heteroatoms. The normalized spacial score (nSPS) is 21.1. The highest BCUT2D eigenvalue weighted by Crippen LogP contribution is 2.42.